The monoisotopic (exact) mass is 501 g/mol. The van der Waals surface area contributed by atoms with Crippen molar-refractivity contribution in [3.63, 3.8) is 0 Å². The summed E-state index contributed by atoms with van der Waals surface area (Å²) in [6.45, 7) is 0.603. The maximum atomic E-state index is 16.1. The van der Waals surface area contributed by atoms with E-state index >= 15 is 4.39 Å². The summed E-state index contributed by atoms with van der Waals surface area (Å²) in [4.78, 5) is 11.9. The van der Waals surface area contributed by atoms with E-state index in [9.17, 15) is 13.2 Å². The number of nitrogens with one attached hydrogen (secondary N) is 2. The van der Waals surface area contributed by atoms with Crippen molar-refractivity contribution >= 4 is 21.8 Å². The fourth-order valence-corrected chi connectivity index (χ4v) is 6.68. The lowest BCUT2D eigenvalue weighted by Gasteiger charge is -2.29. The Morgan fingerprint density at radius 2 is 1.91 bits per heavy atom. The first-order valence-electron chi connectivity index (χ1n) is 12.5. The highest BCUT2D eigenvalue weighted by Gasteiger charge is 2.39. The van der Waals surface area contributed by atoms with Gasteiger partial charge >= 0.3 is 10.2 Å². The third-order valence-electron chi connectivity index (χ3n) is 7.38. The van der Waals surface area contributed by atoms with Gasteiger partial charge in [0.1, 0.15) is 24.6 Å². The molecule has 2 fully saturated rings. The van der Waals surface area contributed by atoms with Crippen molar-refractivity contribution < 1.29 is 22.3 Å². The van der Waals surface area contributed by atoms with Crippen LogP contribution in [-0.2, 0) is 34.5 Å². The molecule has 1 aliphatic heterocycles. The Morgan fingerprint density at radius 3 is 2.63 bits per heavy atom. The molecule has 188 valence electrons. The van der Waals surface area contributed by atoms with Gasteiger partial charge in [0.2, 0.25) is 0 Å². The van der Waals surface area contributed by atoms with Crippen LogP contribution in [0.1, 0.15) is 55.2 Å². The van der Waals surface area contributed by atoms with Gasteiger partial charge in [-0.3, -0.25) is 4.79 Å². The Labute approximate surface area is 206 Å². The van der Waals surface area contributed by atoms with Gasteiger partial charge in [0.05, 0.1) is 0 Å². The third kappa shape index (κ3) is 5.30. The smallest absolute Gasteiger partial charge is 0.326 e. The van der Waals surface area contributed by atoms with Crippen LogP contribution in [0.25, 0.3) is 0 Å². The molecular formula is C26H32FN3O4S. The zero-order valence-corrected chi connectivity index (χ0v) is 20.6. The molecule has 0 bridgehead atoms. The first-order valence-corrected chi connectivity index (χ1v) is 13.9. The van der Waals surface area contributed by atoms with E-state index < -0.39 is 28.5 Å². The molecular weight excluding hydrogens is 469 g/mol. The molecule has 2 aromatic carbocycles. The summed E-state index contributed by atoms with van der Waals surface area (Å²) < 4.78 is 50.0. The molecule has 2 aliphatic carbocycles. The van der Waals surface area contributed by atoms with E-state index in [4.69, 9.17) is 4.74 Å². The van der Waals surface area contributed by atoms with E-state index in [1.54, 1.807) is 6.07 Å². The highest BCUT2D eigenvalue weighted by atomic mass is 32.2. The zero-order chi connectivity index (χ0) is 24.4. The van der Waals surface area contributed by atoms with Gasteiger partial charge in [-0.25, -0.2) is 13.4 Å². The summed E-state index contributed by atoms with van der Waals surface area (Å²) in [6, 6.07) is 11.3. The van der Waals surface area contributed by atoms with Crippen LogP contribution in [-0.4, -0.2) is 33.5 Å². The maximum Gasteiger partial charge on any atom is 0.326 e. The van der Waals surface area contributed by atoms with Gasteiger partial charge in [-0.1, -0.05) is 56.0 Å². The average Bonchev–Trinajstić information content (AvgIpc) is 3.45. The van der Waals surface area contributed by atoms with Gasteiger partial charge in [0, 0.05) is 6.04 Å². The average molecular weight is 502 g/mol. The van der Waals surface area contributed by atoms with Crippen molar-refractivity contribution in [3.8, 4) is 5.75 Å². The lowest BCUT2D eigenvalue weighted by atomic mass is 9.87. The quantitative estimate of drug-likeness (QED) is 0.577. The van der Waals surface area contributed by atoms with Crippen LogP contribution in [0, 0.1) is 11.7 Å². The number of carbonyl (C=O) groups excluding carboxylic acids is 1. The zero-order valence-electron chi connectivity index (χ0n) is 19.8. The van der Waals surface area contributed by atoms with E-state index in [2.05, 4.69) is 5.32 Å². The highest BCUT2D eigenvalue weighted by Crippen LogP contribution is 2.41. The SMILES string of the molecule is O=C1CN(c2c(OCc3ccccc3)cc3c(c2F)CC(NCCC2CCCC2)CC3)S(=O)(=O)N1. The number of hydrogen-bond acceptors (Lipinski definition) is 5. The molecule has 1 unspecified atom stereocenters. The van der Waals surface area contributed by atoms with Crippen molar-refractivity contribution in [1.29, 1.82) is 0 Å². The lowest BCUT2D eigenvalue weighted by molar-refractivity contribution is -0.117. The van der Waals surface area contributed by atoms with Crippen molar-refractivity contribution in [2.24, 2.45) is 5.92 Å². The number of nitrogens with zero attached hydrogens (tertiary/aromatic N) is 1. The second-order valence-corrected chi connectivity index (χ2v) is 11.4. The molecule has 5 rings (SSSR count). The number of aryl methyl sites for hydroxylation is 1. The molecule has 2 aromatic rings. The van der Waals surface area contributed by atoms with Gasteiger partial charge < -0.3 is 10.1 Å². The number of benzene rings is 2. The number of hydrogen-bond donors (Lipinski definition) is 2. The summed E-state index contributed by atoms with van der Waals surface area (Å²) in [7, 11) is -4.18. The molecule has 0 radical (unpaired) electrons. The lowest BCUT2D eigenvalue weighted by Crippen LogP contribution is -2.37. The Kier molecular flexibility index (Phi) is 6.98. The summed E-state index contributed by atoms with van der Waals surface area (Å²) in [6.07, 6.45) is 8.43. The molecule has 9 heteroatoms. The van der Waals surface area contributed by atoms with Crippen LogP contribution >= 0.6 is 0 Å². The first kappa shape index (κ1) is 24.1. The van der Waals surface area contributed by atoms with E-state index in [1.165, 1.54) is 25.7 Å². The van der Waals surface area contributed by atoms with Crippen LogP contribution in [0.5, 0.6) is 5.75 Å². The number of rotatable bonds is 8. The van der Waals surface area contributed by atoms with Crippen molar-refractivity contribution in [3.05, 3.63) is 58.9 Å². The van der Waals surface area contributed by atoms with Crippen LogP contribution in [0.15, 0.2) is 36.4 Å². The molecule has 3 aliphatic rings. The van der Waals surface area contributed by atoms with Crippen molar-refractivity contribution in [2.75, 3.05) is 17.4 Å². The molecule has 1 saturated heterocycles. The Hall–Kier alpha value is -2.65. The molecule has 1 amide bonds. The second-order valence-electron chi connectivity index (χ2n) is 9.82. The van der Waals surface area contributed by atoms with Crippen LogP contribution < -0.4 is 19.1 Å². The van der Waals surface area contributed by atoms with E-state index in [-0.39, 0.29) is 24.1 Å². The number of halogens is 1. The molecule has 7 nitrogen and oxygen atoms in total. The Balaban J connectivity index is 1.40. The van der Waals surface area contributed by atoms with E-state index in [0.717, 1.165) is 40.7 Å². The molecule has 2 N–H and O–H groups in total. The first-order chi connectivity index (χ1) is 16.9. The van der Waals surface area contributed by atoms with E-state index in [1.807, 2.05) is 35.1 Å². The number of amides is 1. The summed E-state index contributed by atoms with van der Waals surface area (Å²) in [5.41, 5.74) is 2.02. The molecule has 35 heavy (non-hydrogen) atoms. The standard InChI is InChI=1S/C26H32FN3O4S/c27-25-22-15-21(28-13-12-18-6-4-5-7-18)11-10-20(22)14-23(34-17-19-8-2-1-3-9-19)26(25)30-16-24(31)29-35(30,32)33/h1-3,8-9,14,18,21,28H,4-7,10-13,15-17H2,(H,29,31). The minimum absolute atomic E-state index is 0.136. The van der Waals surface area contributed by atoms with Gasteiger partial charge in [0.15, 0.2) is 5.82 Å². The van der Waals surface area contributed by atoms with E-state index in [0.29, 0.717) is 18.4 Å². The predicted molar refractivity (Wildman–Crippen MR) is 132 cm³/mol. The molecule has 1 heterocycles. The predicted octanol–water partition coefficient (Wildman–Crippen LogP) is 3.61. The molecule has 1 atom stereocenters. The van der Waals surface area contributed by atoms with Crippen LogP contribution in [0.2, 0.25) is 0 Å². The molecule has 0 aromatic heterocycles. The van der Waals surface area contributed by atoms with Gasteiger partial charge in [0.25, 0.3) is 5.91 Å². The summed E-state index contributed by atoms with van der Waals surface area (Å²) >= 11 is 0. The van der Waals surface area contributed by atoms with Gasteiger partial charge in [-0.2, -0.15) is 8.42 Å². The summed E-state index contributed by atoms with van der Waals surface area (Å²) in [5, 5.41) is 3.59. The minimum atomic E-state index is -4.18. The number of fused-ring (bicyclic) bond motifs is 1. The number of anilines is 1. The van der Waals surface area contributed by atoms with Gasteiger partial charge in [-0.15, -0.1) is 0 Å². The van der Waals surface area contributed by atoms with Gasteiger partial charge in [-0.05, 0) is 60.9 Å². The fourth-order valence-electron chi connectivity index (χ4n) is 5.52. The highest BCUT2D eigenvalue weighted by molar-refractivity contribution is 7.92. The fraction of sp³-hybridized carbons (Fsp3) is 0.500. The van der Waals surface area contributed by atoms with Crippen LogP contribution in [0.3, 0.4) is 0 Å². The largest absolute Gasteiger partial charge is 0.487 e. The van der Waals surface area contributed by atoms with Crippen molar-refractivity contribution in [1.82, 2.24) is 10.0 Å². The Bertz CT molecular complexity index is 1180. The number of ether oxygens (including phenoxy) is 1. The third-order valence-corrected chi connectivity index (χ3v) is 8.76. The van der Waals surface area contributed by atoms with Crippen LogP contribution in [0.4, 0.5) is 10.1 Å². The topological polar surface area (TPSA) is 87.7 Å². The molecule has 1 saturated carbocycles. The maximum absolute atomic E-state index is 16.1. The Morgan fingerprint density at radius 1 is 1.14 bits per heavy atom. The van der Waals surface area contributed by atoms with Crippen molar-refractivity contribution in [2.45, 2.75) is 64.0 Å². The number of carbonyl (C=O) groups is 1. The molecule has 0 spiro atoms. The second kappa shape index (κ2) is 10.1. The normalized spacial score (nSPS) is 21.7. The minimum Gasteiger partial charge on any atom is -0.487 e. The summed E-state index contributed by atoms with van der Waals surface area (Å²) in [5.74, 6) is -0.384.